The highest BCUT2D eigenvalue weighted by Gasteiger charge is 2.22. The van der Waals surface area contributed by atoms with Crippen molar-refractivity contribution < 1.29 is 9.21 Å². The van der Waals surface area contributed by atoms with Crippen LogP contribution in [0, 0.1) is 13.8 Å². The van der Waals surface area contributed by atoms with Gasteiger partial charge in [0.2, 0.25) is 17.7 Å². The van der Waals surface area contributed by atoms with Crippen LogP contribution in [0.4, 0.5) is 0 Å². The van der Waals surface area contributed by atoms with Gasteiger partial charge >= 0.3 is 0 Å². The predicted octanol–water partition coefficient (Wildman–Crippen LogP) is 1.95. The van der Waals surface area contributed by atoms with Crippen LogP contribution in [0.1, 0.15) is 49.5 Å². The minimum Gasteiger partial charge on any atom is -0.423 e. The van der Waals surface area contributed by atoms with Crippen molar-refractivity contribution in [3.63, 3.8) is 0 Å². The van der Waals surface area contributed by atoms with Crippen LogP contribution in [-0.4, -0.2) is 37.2 Å². The van der Waals surface area contributed by atoms with Gasteiger partial charge in [0.15, 0.2) is 0 Å². The average Bonchev–Trinajstić information content (AvgIpc) is 3.05. The van der Waals surface area contributed by atoms with Gasteiger partial charge in [-0.05, 0) is 27.7 Å². The van der Waals surface area contributed by atoms with Crippen molar-refractivity contribution >= 4 is 5.91 Å². The molecule has 7 nitrogen and oxygen atoms in total. The summed E-state index contributed by atoms with van der Waals surface area (Å²) < 4.78 is 5.51. The molecule has 0 saturated heterocycles. The standard InChI is InChI=1S/C15H23N5O2/c1-6-13-18-19-14(22-13)8-20(9(2)3)15(21)7-12-10(4)16-17-11(12)5/h9H,6-8H2,1-5H3,(H,16,17). The van der Waals surface area contributed by atoms with Gasteiger partial charge in [-0.25, -0.2) is 0 Å². The number of H-pyrrole nitrogens is 1. The van der Waals surface area contributed by atoms with Crippen molar-refractivity contribution in [1.82, 2.24) is 25.3 Å². The van der Waals surface area contributed by atoms with Crippen LogP contribution in [-0.2, 0) is 24.2 Å². The van der Waals surface area contributed by atoms with Crippen LogP contribution < -0.4 is 0 Å². The fraction of sp³-hybridized carbons (Fsp3) is 0.600. The molecule has 2 heterocycles. The molecule has 0 saturated carbocycles. The number of aromatic nitrogens is 4. The van der Waals surface area contributed by atoms with Crippen LogP contribution in [0.25, 0.3) is 0 Å². The molecule has 0 bridgehead atoms. The van der Waals surface area contributed by atoms with Crippen LogP contribution >= 0.6 is 0 Å². The molecular formula is C15H23N5O2. The molecule has 2 aromatic heterocycles. The number of aryl methyl sites for hydroxylation is 3. The molecule has 0 aliphatic carbocycles. The summed E-state index contributed by atoms with van der Waals surface area (Å²) in [6, 6.07) is 0.0528. The Bertz CT molecular complexity index is 625. The Hall–Kier alpha value is -2.18. The Kier molecular flexibility index (Phi) is 4.95. The van der Waals surface area contributed by atoms with Gasteiger partial charge in [-0.15, -0.1) is 10.2 Å². The van der Waals surface area contributed by atoms with E-state index in [1.807, 2.05) is 34.6 Å². The SMILES string of the molecule is CCc1nnc(CN(C(=O)Cc2c(C)n[nH]c2C)C(C)C)o1. The lowest BCUT2D eigenvalue weighted by molar-refractivity contribution is -0.133. The Morgan fingerprint density at radius 3 is 2.45 bits per heavy atom. The first kappa shape index (κ1) is 16.2. The number of amides is 1. The van der Waals surface area contributed by atoms with Crippen LogP contribution in [0.15, 0.2) is 4.42 Å². The zero-order valence-corrected chi connectivity index (χ0v) is 13.8. The summed E-state index contributed by atoms with van der Waals surface area (Å²) >= 11 is 0. The maximum Gasteiger partial charge on any atom is 0.235 e. The summed E-state index contributed by atoms with van der Waals surface area (Å²) in [6.07, 6.45) is 1.01. The number of carbonyl (C=O) groups is 1. The topological polar surface area (TPSA) is 87.9 Å². The lowest BCUT2D eigenvalue weighted by Crippen LogP contribution is -2.37. The minimum atomic E-state index is 0.0267. The predicted molar refractivity (Wildman–Crippen MR) is 81.1 cm³/mol. The second-order valence-electron chi connectivity index (χ2n) is 5.65. The van der Waals surface area contributed by atoms with E-state index in [9.17, 15) is 4.79 Å². The van der Waals surface area contributed by atoms with Crippen LogP contribution in [0.3, 0.4) is 0 Å². The maximum absolute atomic E-state index is 12.6. The summed E-state index contributed by atoms with van der Waals surface area (Å²) in [5.41, 5.74) is 2.75. The molecule has 0 unspecified atom stereocenters. The Morgan fingerprint density at radius 2 is 1.95 bits per heavy atom. The molecule has 2 aromatic rings. The van der Waals surface area contributed by atoms with Crippen molar-refractivity contribution in [2.45, 2.75) is 60.0 Å². The molecule has 0 fully saturated rings. The number of carbonyl (C=O) groups excluding carboxylic acids is 1. The minimum absolute atomic E-state index is 0.0267. The first-order valence-electron chi connectivity index (χ1n) is 7.53. The molecule has 1 N–H and O–H groups in total. The summed E-state index contributed by atoms with van der Waals surface area (Å²) in [7, 11) is 0. The Morgan fingerprint density at radius 1 is 1.27 bits per heavy atom. The quantitative estimate of drug-likeness (QED) is 0.881. The molecule has 2 rings (SSSR count). The second kappa shape index (κ2) is 6.72. The zero-order valence-electron chi connectivity index (χ0n) is 13.8. The fourth-order valence-electron chi connectivity index (χ4n) is 2.29. The highest BCUT2D eigenvalue weighted by Crippen LogP contribution is 2.15. The average molecular weight is 305 g/mol. The van der Waals surface area contributed by atoms with Gasteiger partial charge in [0.25, 0.3) is 0 Å². The van der Waals surface area contributed by atoms with Crippen molar-refractivity contribution in [3.8, 4) is 0 Å². The smallest absolute Gasteiger partial charge is 0.235 e. The fourth-order valence-corrected chi connectivity index (χ4v) is 2.29. The van der Waals surface area contributed by atoms with Crippen molar-refractivity contribution in [3.05, 3.63) is 28.7 Å². The molecule has 120 valence electrons. The molecular weight excluding hydrogens is 282 g/mol. The summed E-state index contributed by atoms with van der Waals surface area (Å²) in [6.45, 7) is 10.1. The highest BCUT2D eigenvalue weighted by atomic mass is 16.4. The highest BCUT2D eigenvalue weighted by molar-refractivity contribution is 5.79. The monoisotopic (exact) mass is 305 g/mol. The number of nitrogens with zero attached hydrogens (tertiary/aromatic N) is 4. The molecule has 0 radical (unpaired) electrons. The van der Waals surface area contributed by atoms with Gasteiger partial charge in [0.1, 0.15) is 0 Å². The number of hydrogen-bond donors (Lipinski definition) is 1. The van der Waals surface area contributed by atoms with Gasteiger partial charge in [0, 0.05) is 23.7 Å². The number of aromatic amines is 1. The van der Waals surface area contributed by atoms with Gasteiger partial charge < -0.3 is 9.32 Å². The molecule has 0 aromatic carbocycles. The number of hydrogen-bond acceptors (Lipinski definition) is 5. The molecule has 0 aliphatic heterocycles. The lowest BCUT2D eigenvalue weighted by Gasteiger charge is -2.25. The maximum atomic E-state index is 12.6. The van der Waals surface area contributed by atoms with Crippen molar-refractivity contribution in [1.29, 1.82) is 0 Å². The third-order valence-corrected chi connectivity index (χ3v) is 3.67. The van der Waals surface area contributed by atoms with E-state index in [4.69, 9.17) is 4.42 Å². The second-order valence-corrected chi connectivity index (χ2v) is 5.65. The van der Waals surface area contributed by atoms with E-state index in [1.165, 1.54) is 0 Å². The summed E-state index contributed by atoms with van der Waals surface area (Å²) in [5, 5.41) is 15.0. The van der Waals surface area contributed by atoms with E-state index in [-0.39, 0.29) is 11.9 Å². The number of rotatable bonds is 6. The molecule has 0 atom stereocenters. The molecule has 0 aliphatic rings. The van der Waals surface area contributed by atoms with E-state index in [0.29, 0.717) is 31.2 Å². The third-order valence-electron chi connectivity index (χ3n) is 3.67. The molecule has 1 amide bonds. The van der Waals surface area contributed by atoms with Gasteiger partial charge in [0.05, 0.1) is 18.7 Å². The Balaban J connectivity index is 2.12. The molecule has 22 heavy (non-hydrogen) atoms. The lowest BCUT2D eigenvalue weighted by atomic mass is 10.1. The first-order valence-corrected chi connectivity index (χ1v) is 7.53. The number of nitrogens with one attached hydrogen (secondary N) is 1. The van der Waals surface area contributed by atoms with Crippen LogP contribution in [0.2, 0.25) is 0 Å². The molecule has 0 spiro atoms. The van der Waals surface area contributed by atoms with Gasteiger partial charge in [-0.2, -0.15) is 5.10 Å². The van der Waals surface area contributed by atoms with Gasteiger partial charge in [-0.1, -0.05) is 6.92 Å². The molecule has 7 heteroatoms. The van der Waals surface area contributed by atoms with Gasteiger partial charge in [-0.3, -0.25) is 9.89 Å². The van der Waals surface area contributed by atoms with E-state index in [0.717, 1.165) is 17.0 Å². The van der Waals surface area contributed by atoms with E-state index < -0.39 is 0 Å². The van der Waals surface area contributed by atoms with E-state index in [1.54, 1.807) is 4.90 Å². The van der Waals surface area contributed by atoms with Crippen molar-refractivity contribution in [2.24, 2.45) is 0 Å². The normalized spacial score (nSPS) is 11.2. The first-order chi connectivity index (χ1) is 10.4. The third kappa shape index (κ3) is 3.52. The Labute approximate surface area is 130 Å². The van der Waals surface area contributed by atoms with E-state index >= 15 is 0 Å². The largest absolute Gasteiger partial charge is 0.423 e. The van der Waals surface area contributed by atoms with Crippen LogP contribution in [0.5, 0.6) is 0 Å². The zero-order chi connectivity index (χ0) is 16.3. The summed E-state index contributed by atoms with van der Waals surface area (Å²) in [5.74, 6) is 1.09. The summed E-state index contributed by atoms with van der Waals surface area (Å²) in [4.78, 5) is 14.4. The van der Waals surface area contributed by atoms with E-state index in [2.05, 4.69) is 20.4 Å². The van der Waals surface area contributed by atoms with Crippen molar-refractivity contribution in [2.75, 3.05) is 0 Å².